The quantitative estimate of drug-likeness (QED) is 0.839. The van der Waals surface area contributed by atoms with E-state index in [4.69, 9.17) is 0 Å². The second-order valence-corrected chi connectivity index (χ2v) is 5.76. The number of amides is 1. The first-order chi connectivity index (χ1) is 8.90. The van der Waals surface area contributed by atoms with Crippen LogP contribution in [-0.2, 0) is 11.2 Å². The zero-order chi connectivity index (χ0) is 14.4. The van der Waals surface area contributed by atoms with Crippen molar-refractivity contribution >= 4 is 5.91 Å². The average molecular weight is 265 g/mol. The van der Waals surface area contributed by atoms with Crippen LogP contribution in [0.3, 0.4) is 0 Å². The predicted octanol–water partition coefficient (Wildman–Crippen LogP) is 3.41. The average Bonchev–Trinajstić information content (AvgIpc) is 2.27. The Labute approximate surface area is 115 Å². The molecule has 0 saturated carbocycles. The highest BCUT2D eigenvalue weighted by Gasteiger charge is 2.18. The van der Waals surface area contributed by atoms with Crippen molar-refractivity contribution in [3.05, 3.63) is 35.6 Å². The third kappa shape index (κ3) is 5.41. The second kappa shape index (κ2) is 7.27. The van der Waals surface area contributed by atoms with Crippen LogP contribution in [0.25, 0.3) is 0 Å². The lowest BCUT2D eigenvalue weighted by atomic mass is 9.85. The van der Waals surface area contributed by atoms with E-state index in [9.17, 15) is 9.18 Å². The van der Waals surface area contributed by atoms with Gasteiger partial charge in [0.05, 0.1) is 6.42 Å². The monoisotopic (exact) mass is 265 g/mol. The van der Waals surface area contributed by atoms with Crippen LogP contribution in [0.2, 0.25) is 0 Å². The Balaban J connectivity index is 2.47. The van der Waals surface area contributed by atoms with Crippen molar-refractivity contribution in [1.29, 1.82) is 0 Å². The largest absolute Gasteiger partial charge is 0.356 e. The highest BCUT2D eigenvalue weighted by atomic mass is 19.1. The van der Waals surface area contributed by atoms with Crippen molar-refractivity contribution in [3.63, 3.8) is 0 Å². The van der Waals surface area contributed by atoms with Gasteiger partial charge in [0.25, 0.3) is 0 Å². The van der Waals surface area contributed by atoms with Crippen LogP contribution in [0.4, 0.5) is 4.39 Å². The molecule has 1 aromatic rings. The number of benzene rings is 1. The van der Waals surface area contributed by atoms with Gasteiger partial charge in [-0.1, -0.05) is 39.8 Å². The molecule has 0 bridgehead atoms. The van der Waals surface area contributed by atoms with Gasteiger partial charge in [0.1, 0.15) is 5.82 Å². The van der Waals surface area contributed by atoms with E-state index in [1.54, 1.807) is 12.1 Å². The van der Waals surface area contributed by atoms with Crippen molar-refractivity contribution in [2.24, 2.45) is 17.8 Å². The van der Waals surface area contributed by atoms with Crippen LogP contribution in [0.5, 0.6) is 0 Å². The summed E-state index contributed by atoms with van der Waals surface area (Å²) in [7, 11) is 0. The van der Waals surface area contributed by atoms with E-state index in [0.717, 1.165) is 0 Å². The summed E-state index contributed by atoms with van der Waals surface area (Å²) >= 11 is 0. The fourth-order valence-corrected chi connectivity index (χ4v) is 2.37. The summed E-state index contributed by atoms with van der Waals surface area (Å²) in [5.74, 6) is 1.20. The highest BCUT2D eigenvalue weighted by molar-refractivity contribution is 5.78. The van der Waals surface area contributed by atoms with Gasteiger partial charge < -0.3 is 5.32 Å². The molecule has 0 saturated heterocycles. The molecule has 0 spiro atoms. The minimum absolute atomic E-state index is 0.0445. The van der Waals surface area contributed by atoms with Gasteiger partial charge in [0.15, 0.2) is 0 Å². The third-order valence-corrected chi connectivity index (χ3v) is 3.50. The summed E-state index contributed by atoms with van der Waals surface area (Å²) in [6.07, 6.45) is 0.237. The molecule has 3 heteroatoms. The standard InChI is InChI=1S/C16H24FNO/c1-11(2)15(12(3)4)10-18-16(19)9-13-6-5-7-14(17)8-13/h5-8,11-12,15H,9-10H2,1-4H3,(H,18,19). The molecule has 19 heavy (non-hydrogen) atoms. The summed E-state index contributed by atoms with van der Waals surface area (Å²) < 4.78 is 13.0. The molecule has 1 amide bonds. The van der Waals surface area contributed by atoms with Gasteiger partial charge in [-0.3, -0.25) is 4.79 Å². The fraction of sp³-hybridized carbons (Fsp3) is 0.562. The molecular weight excluding hydrogens is 241 g/mol. The number of carbonyl (C=O) groups is 1. The zero-order valence-corrected chi connectivity index (χ0v) is 12.2. The summed E-state index contributed by atoms with van der Waals surface area (Å²) in [5, 5.41) is 2.95. The molecule has 1 N–H and O–H groups in total. The third-order valence-electron chi connectivity index (χ3n) is 3.50. The Kier molecular flexibility index (Phi) is 6.00. The lowest BCUT2D eigenvalue weighted by Gasteiger charge is -2.25. The van der Waals surface area contributed by atoms with E-state index in [1.807, 2.05) is 0 Å². The predicted molar refractivity (Wildman–Crippen MR) is 76.3 cm³/mol. The van der Waals surface area contributed by atoms with Crippen LogP contribution < -0.4 is 5.32 Å². The second-order valence-electron chi connectivity index (χ2n) is 5.76. The van der Waals surface area contributed by atoms with E-state index in [0.29, 0.717) is 29.9 Å². The van der Waals surface area contributed by atoms with Crippen LogP contribution in [0.1, 0.15) is 33.3 Å². The molecule has 106 valence electrons. The van der Waals surface area contributed by atoms with Gasteiger partial charge in [-0.05, 0) is 35.4 Å². The lowest BCUT2D eigenvalue weighted by Crippen LogP contribution is -2.34. The maximum atomic E-state index is 13.0. The van der Waals surface area contributed by atoms with Gasteiger partial charge >= 0.3 is 0 Å². The van der Waals surface area contributed by atoms with E-state index in [1.165, 1.54) is 12.1 Å². The molecule has 1 rings (SSSR count). The Bertz CT molecular complexity index is 407. The highest BCUT2D eigenvalue weighted by Crippen LogP contribution is 2.19. The zero-order valence-electron chi connectivity index (χ0n) is 12.2. The van der Waals surface area contributed by atoms with Crippen molar-refractivity contribution < 1.29 is 9.18 Å². The molecule has 0 unspecified atom stereocenters. The first kappa shape index (κ1) is 15.7. The van der Waals surface area contributed by atoms with Gasteiger partial charge in [0.2, 0.25) is 5.91 Å². The van der Waals surface area contributed by atoms with Gasteiger partial charge in [-0.25, -0.2) is 4.39 Å². The van der Waals surface area contributed by atoms with Crippen molar-refractivity contribution in [2.75, 3.05) is 6.54 Å². The minimum atomic E-state index is -0.299. The minimum Gasteiger partial charge on any atom is -0.356 e. The molecule has 0 heterocycles. The van der Waals surface area contributed by atoms with E-state index in [-0.39, 0.29) is 18.1 Å². The fourth-order valence-electron chi connectivity index (χ4n) is 2.37. The summed E-state index contributed by atoms with van der Waals surface area (Å²) in [4.78, 5) is 11.8. The first-order valence-electron chi connectivity index (χ1n) is 6.91. The molecule has 0 aliphatic rings. The van der Waals surface area contributed by atoms with Crippen LogP contribution in [0, 0.1) is 23.6 Å². The molecule has 0 aromatic heterocycles. The molecule has 0 aliphatic heterocycles. The van der Waals surface area contributed by atoms with Crippen molar-refractivity contribution in [2.45, 2.75) is 34.1 Å². The topological polar surface area (TPSA) is 29.1 Å². The van der Waals surface area contributed by atoms with Gasteiger partial charge in [-0.15, -0.1) is 0 Å². The molecule has 0 radical (unpaired) electrons. The number of carbonyl (C=O) groups excluding carboxylic acids is 1. The van der Waals surface area contributed by atoms with Gasteiger partial charge in [0, 0.05) is 6.54 Å². The van der Waals surface area contributed by atoms with Crippen LogP contribution >= 0.6 is 0 Å². The van der Waals surface area contributed by atoms with Crippen LogP contribution in [-0.4, -0.2) is 12.5 Å². The molecular formula is C16H24FNO. The first-order valence-corrected chi connectivity index (χ1v) is 6.91. The number of rotatable bonds is 6. The maximum Gasteiger partial charge on any atom is 0.224 e. The molecule has 2 nitrogen and oxygen atoms in total. The number of halogens is 1. The van der Waals surface area contributed by atoms with E-state index in [2.05, 4.69) is 33.0 Å². The van der Waals surface area contributed by atoms with Crippen molar-refractivity contribution in [1.82, 2.24) is 5.32 Å². The normalized spacial score (nSPS) is 11.4. The number of nitrogens with one attached hydrogen (secondary N) is 1. The number of hydrogen-bond acceptors (Lipinski definition) is 1. The molecule has 0 fully saturated rings. The maximum absolute atomic E-state index is 13.0. The number of hydrogen-bond donors (Lipinski definition) is 1. The summed E-state index contributed by atoms with van der Waals surface area (Å²) in [6.45, 7) is 9.36. The van der Waals surface area contributed by atoms with Gasteiger partial charge in [-0.2, -0.15) is 0 Å². The molecule has 1 aromatic carbocycles. The SMILES string of the molecule is CC(C)C(CNC(=O)Cc1cccc(F)c1)C(C)C. The lowest BCUT2D eigenvalue weighted by molar-refractivity contribution is -0.120. The van der Waals surface area contributed by atoms with E-state index < -0.39 is 0 Å². The Morgan fingerprint density at radius 3 is 2.37 bits per heavy atom. The summed E-state index contributed by atoms with van der Waals surface area (Å²) in [5.41, 5.74) is 0.711. The summed E-state index contributed by atoms with van der Waals surface area (Å²) in [6, 6.07) is 6.19. The molecule has 0 atom stereocenters. The Morgan fingerprint density at radius 1 is 1.21 bits per heavy atom. The molecule has 0 aliphatic carbocycles. The smallest absolute Gasteiger partial charge is 0.224 e. The van der Waals surface area contributed by atoms with Crippen LogP contribution in [0.15, 0.2) is 24.3 Å². The van der Waals surface area contributed by atoms with E-state index >= 15 is 0 Å². The Morgan fingerprint density at radius 2 is 1.84 bits per heavy atom. The Hall–Kier alpha value is -1.38. The van der Waals surface area contributed by atoms with Crippen molar-refractivity contribution in [3.8, 4) is 0 Å².